The molecule has 0 aliphatic rings. The molecule has 0 fully saturated rings. The molecule has 1 unspecified atom stereocenters. The summed E-state index contributed by atoms with van der Waals surface area (Å²) in [5, 5.41) is 6.44. The average Bonchev–Trinajstić information content (AvgIpc) is 3.29. The predicted octanol–water partition coefficient (Wildman–Crippen LogP) is 4.67. The van der Waals surface area contributed by atoms with Crippen LogP contribution in [0.3, 0.4) is 0 Å². The number of hydrogen-bond acceptors (Lipinski definition) is 4. The zero-order chi connectivity index (χ0) is 27.3. The van der Waals surface area contributed by atoms with E-state index in [0.717, 1.165) is 28.1 Å². The third kappa shape index (κ3) is 6.71. The molecular formula is C28H27F3N4O3. The van der Waals surface area contributed by atoms with Gasteiger partial charge in [0, 0.05) is 43.2 Å². The molecular weight excluding hydrogens is 497 g/mol. The Labute approximate surface area is 217 Å². The molecule has 0 aliphatic carbocycles. The second-order valence-corrected chi connectivity index (χ2v) is 8.84. The summed E-state index contributed by atoms with van der Waals surface area (Å²) in [6.07, 6.45) is -2.77. The molecule has 198 valence electrons. The number of aromatic amines is 1. The SMILES string of the molecule is CC(=O)NCc1cccc(-c2ccc(OC(F)(F)F)c(C(=O)NC(CN)Cc3c[nH]c4ccccc34)c2)c1. The van der Waals surface area contributed by atoms with Crippen LogP contribution in [0.1, 0.15) is 28.4 Å². The lowest BCUT2D eigenvalue weighted by atomic mass is 9.99. The molecule has 38 heavy (non-hydrogen) atoms. The van der Waals surface area contributed by atoms with Gasteiger partial charge in [-0.1, -0.05) is 42.5 Å². The van der Waals surface area contributed by atoms with Crippen molar-refractivity contribution in [2.24, 2.45) is 5.73 Å². The number of para-hydroxylation sites is 1. The molecule has 0 spiro atoms. The number of carbonyl (C=O) groups excluding carboxylic acids is 2. The second-order valence-electron chi connectivity index (χ2n) is 8.84. The minimum absolute atomic E-state index is 0.0750. The van der Waals surface area contributed by atoms with Crippen LogP contribution in [0.2, 0.25) is 0 Å². The van der Waals surface area contributed by atoms with Crippen molar-refractivity contribution in [3.63, 3.8) is 0 Å². The lowest BCUT2D eigenvalue weighted by Gasteiger charge is -2.19. The summed E-state index contributed by atoms with van der Waals surface area (Å²) in [4.78, 5) is 27.7. The van der Waals surface area contributed by atoms with Crippen LogP contribution in [-0.4, -0.2) is 35.7 Å². The van der Waals surface area contributed by atoms with E-state index in [1.165, 1.54) is 19.1 Å². The van der Waals surface area contributed by atoms with Crippen LogP contribution in [0.15, 0.2) is 72.9 Å². The summed E-state index contributed by atoms with van der Waals surface area (Å²) in [5.41, 5.74) is 9.46. The van der Waals surface area contributed by atoms with Gasteiger partial charge in [-0.2, -0.15) is 0 Å². The molecule has 7 nitrogen and oxygen atoms in total. The van der Waals surface area contributed by atoms with Gasteiger partial charge < -0.3 is 26.1 Å². The fraction of sp³-hybridized carbons (Fsp3) is 0.214. The molecule has 5 N–H and O–H groups in total. The van der Waals surface area contributed by atoms with E-state index in [1.807, 2.05) is 36.5 Å². The molecule has 4 aromatic rings. The van der Waals surface area contributed by atoms with Crippen LogP contribution in [0.4, 0.5) is 13.2 Å². The maximum absolute atomic E-state index is 13.3. The topological polar surface area (TPSA) is 109 Å². The zero-order valence-corrected chi connectivity index (χ0v) is 20.6. The van der Waals surface area contributed by atoms with Crippen molar-refractivity contribution >= 4 is 22.7 Å². The number of alkyl halides is 3. The summed E-state index contributed by atoms with van der Waals surface area (Å²) >= 11 is 0. The van der Waals surface area contributed by atoms with Gasteiger partial charge in [-0.25, -0.2) is 0 Å². The Kier molecular flexibility index (Phi) is 8.02. The quantitative estimate of drug-likeness (QED) is 0.255. The molecule has 0 saturated heterocycles. The van der Waals surface area contributed by atoms with E-state index in [9.17, 15) is 22.8 Å². The average molecular weight is 525 g/mol. The van der Waals surface area contributed by atoms with Crippen molar-refractivity contribution in [1.82, 2.24) is 15.6 Å². The van der Waals surface area contributed by atoms with E-state index >= 15 is 0 Å². The van der Waals surface area contributed by atoms with Crippen LogP contribution in [0.5, 0.6) is 5.75 Å². The maximum Gasteiger partial charge on any atom is 0.573 e. The molecule has 0 bridgehead atoms. The molecule has 2 amide bonds. The fourth-order valence-corrected chi connectivity index (χ4v) is 4.21. The number of ether oxygens (including phenoxy) is 1. The van der Waals surface area contributed by atoms with Crippen molar-refractivity contribution in [3.05, 3.63) is 89.6 Å². The van der Waals surface area contributed by atoms with Gasteiger partial charge in [0.1, 0.15) is 5.75 Å². The molecule has 3 aromatic carbocycles. The second kappa shape index (κ2) is 11.4. The molecule has 0 aliphatic heterocycles. The molecule has 10 heteroatoms. The van der Waals surface area contributed by atoms with E-state index in [-0.39, 0.29) is 24.6 Å². The first kappa shape index (κ1) is 26.7. The first-order chi connectivity index (χ1) is 18.1. The van der Waals surface area contributed by atoms with Gasteiger partial charge in [-0.05, 0) is 52.9 Å². The van der Waals surface area contributed by atoms with Crippen LogP contribution in [-0.2, 0) is 17.8 Å². The van der Waals surface area contributed by atoms with Crippen molar-refractivity contribution < 1.29 is 27.5 Å². The number of H-pyrrole nitrogens is 1. The zero-order valence-electron chi connectivity index (χ0n) is 20.6. The lowest BCUT2D eigenvalue weighted by Crippen LogP contribution is -2.42. The predicted molar refractivity (Wildman–Crippen MR) is 138 cm³/mol. The molecule has 0 saturated carbocycles. The number of benzene rings is 3. The monoisotopic (exact) mass is 524 g/mol. The van der Waals surface area contributed by atoms with E-state index in [1.54, 1.807) is 18.2 Å². The minimum atomic E-state index is -4.98. The first-order valence-corrected chi connectivity index (χ1v) is 11.9. The molecule has 1 heterocycles. The van der Waals surface area contributed by atoms with E-state index in [0.29, 0.717) is 17.5 Å². The Balaban J connectivity index is 1.61. The molecule has 4 rings (SSSR count). The number of aromatic nitrogens is 1. The number of rotatable bonds is 9. The third-order valence-corrected chi connectivity index (χ3v) is 6.01. The normalized spacial score (nSPS) is 12.2. The Morgan fingerprint density at radius 3 is 2.53 bits per heavy atom. The van der Waals surface area contributed by atoms with Gasteiger partial charge in [0.2, 0.25) is 5.91 Å². The highest BCUT2D eigenvalue weighted by molar-refractivity contribution is 5.98. The highest BCUT2D eigenvalue weighted by Crippen LogP contribution is 2.31. The number of amides is 2. The van der Waals surface area contributed by atoms with Crippen molar-refractivity contribution in [3.8, 4) is 16.9 Å². The molecule has 0 radical (unpaired) electrons. The van der Waals surface area contributed by atoms with Gasteiger partial charge in [0.05, 0.1) is 5.56 Å². The Bertz CT molecular complexity index is 1450. The van der Waals surface area contributed by atoms with Gasteiger partial charge in [0.25, 0.3) is 5.91 Å². The van der Waals surface area contributed by atoms with Crippen molar-refractivity contribution in [1.29, 1.82) is 0 Å². The van der Waals surface area contributed by atoms with Crippen LogP contribution in [0, 0.1) is 0 Å². The summed E-state index contributed by atoms with van der Waals surface area (Å²) in [6.45, 7) is 1.77. The van der Waals surface area contributed by atoms with Crippen LogP contribution in [0.25, 0.3) is 22.0 Å². The van der Waals surface area contributed by atoms with Crippen molar-refractivity contribution in [2.45, 2.75) is 32.3 Å². The van der Waals surface area contributed by atoms with Gasteiger partial charge in [-0.15, -0.1) is 13.2 Å². The minimum Gasteiger partial charge on any atom is -0.405 e. The largest absolute Gasteiger partial charge is 0.573 e. The highest BCUT2D eigenvalue weighted by Gasteiger charge is 2.33. The van der Waals surface area contributed by atoms with Gasteiger partial charge in [0.15, 0.2) is 0 Å². The number of halogens is 3. The van der Waals surface area contributed by atoms with Crippen molar-refractivity contribution in [2.75, 3.05) is 6.54 Å². The Morgan fingerprint density at radius 1 is 1.03 bits per heavy atom. The van der Waals surface area contributed by atoms with Gasteiger partial charge >= 0.3 is 6.36 Å². The van der Waals surface area contributed by atoms with Gasteiger partial charge in [-0.3, -0.25) is 9.59 Å². The van der Waals surface area contributed by atoms with E-state index in [2.05, 4.69) is 20.4 Å². The van der Waals surface area contributed by atoms with E-state index < -0.39 is 24.1 Å². The summed E-state index contributed by atoms with van der Waals surface area (Å²) in [5.74, 6) is -1.54. The summed E-state index contributed by atoms with van der Waals surface area (Å²) in [7, 11) is 0. The smallest absolute Gasteiger partial charge is 0.405 e. The maximum atomic E-state index is 13.3. The Morgan fingerprint density at radius 2 is 1.79 bits per heavy atom. The number of fused-ring (bicyclic) bond motifs is 1. The highest BCUT2D eigenvalue weighted by atomic mass is 19.4. The first-order valence-electron chi connectivity index (χ1n) is 11.9. The van der Waals surface area contributed by atoms with E-state index in [4.69, 9.17) is 5.73 Å². The lowest BCUT2D eigenvalue weighted by molar-refractivity contribution is -0.274. The third-order valence-electron chi connectivity index (χ3n) is 6.01. The molecule has 1 aromatic heterocycles. The van der Waals surface area contributed by atoms with Crippen LogP contribution >= 0.6 is 0 Å². The molecule has 1 atom stereocenters. The summed E-state index contributed by atoms with van der Waals surface area (Å²) in [6, 6.07) is 18.2. The number of hydrogen-bond donors (Lipinski definition) is 4. The Hall–Kier alpha value is -4.31. The van der Waals surface area contributed by atoms with Crippen LogP contribution < -0.4 is 21.1 Å². The standard InChI is InChI=1S/C28H27F3N4O3/c1-17(36)33-15-18-5-4-6-19(11-18)20-9-10-26(38-28(29,30)31)24(13-20)27(37)35-22(14-32)12-21-16-34-25-8-3-2-7-23(21)25/h2-11,13,16,22,34H,12,14-15,32H2,1H3,(H,33,36)(H,35,37). The summed E-state index contributed by atoms with van der Waals surface area (Å²) < 4.78 is 43.6. The number of nitrogens with one attached hydrogen (secondary N) is 3. The number of carbonyl (C=O) groups is 2. The fourth-order valence-electron chi connectivity index (χ4n) is 4.21. The number of nitrogens with two attached hydrogens (primary N) is 1.